The smallest absolute Gasteiger partial charge is 0.248 e. The second kappa shape index (κ2) is 11.4. The molecule has 0 radical (unpaired) electrons. The fourth-order valence-corrected chi connectivity index (χ4v) is 4.44. The van der Waals surface area contributed by atoms with E-state index in [1.165, 1.54) is 18.5 Å². The molecule has 1 aliphatic heterocycles. The molecule has 1 saturated heterocycles. The Morgan fingerprint density at radius 3 is 2.92 bits per heavy atom. The van der Waals surface area contributed by atoms with Crippen molar-refractivity contribution in [3.63, 3.8) is 0 Å². The maximum atomic E-state index is 13.6. The zero-order valence-corrected chi connectivity index (χ0v) is 21.3. The standard InChI is InChI=1S/C27H29ClFN5O3/c1-17-15-36-11-10-34(17)9-3-6-26(35)33-24-13-20-23(14-25(24)37-19-4-2-5-19)30-16-31-27(20)32-18-7-8-22(29)21(28)12-18/h3,6-8,12-14,16-17,19H,2,4-5,9-11,15H2,1H3,(H,33,35)(H,30,31,32). The molecule has 3 aromatic rings. The summed E-state index contributed by atoms with van der Waals surface area (Å²) in [4.78, 5) is 23.9. The second-order valence-electron chi connectivity index (χ2n) is 9.32. The van der Waals surface area contributed by atoms with Crippen LogP contribution < -0.4 is 15.4 Å². The molecule has 0 spiro atoms. The number of aromatic nitrogens is 2. The predicted molar refractivity (Wildman–Crippen MR) is 142 cm³/mol. The fraction of sp³-hybridized carbons (Fsp3) is 0.370. The summed E-state index contributed by atoms with van der Waals surface area (Å²) in [7, 11) is 0. The lowest BCUT2D eigenvalue weighted by molar-refractivity contribution is -0.112. The molecule has 2 N–H and O–H groups in total. The topological polar surface area (TPSA) is 88.6 Å². The van der Waals surface area contributed by atoms with E-state index in [4.69, 9.17) is 21.1 Å². The molecule has 0 bridgehead atoms. The number of carbonyl (C=O) groups excluding carboxylic acids is 1. The van der Waals surface area contributed by atoms with Crippen molar-refractivity contribution in [1.82, 2.24) is 14.9 Å². The van der Waals surface area contributed by atoms with Gasteiger partial charge in [-0.25, -0.2) is 14.4 Å². The van der Waals surface area contributed by atoms with Gasteiger partial charge in [0.25, 0.3) is 0 Å². The van der Waals surface area contributed by atoms with E-state index >= 15 is 0 Å². The molecular formula is C27H29ClFN5O3. The number of benzene rings is 2. The van der Waals surface area contributed by atoms with Crippen molar-refractivity contribution in [1.29, 1.82) is 0 Å². The molecule has 37 heavy (non-hydrogen) atoms. The van der Waals surface area contributed by atoms with Crippen LogP contribution in [0.3, 0.4) is 0 Å². The SMILES string of the molecule is CC1COCCN1CC=CC(=O)Nc1cc2c(Nc3ccc(F)c(Cl)c3)ncnc2cc1OC1CCC1. The second-order valence-corrected chi connectivity index (χ2v) is 9.73. The molecule has 8 nitrogen and oxygen atoms in total. The molecular weight excluding hydrogens is 497 g/mol. The van der Waals surface area contributed by atoms with Crippen LogP contribution in [0.5, 0.6) is 5.75 Å². The maximum Gasteiger partial charge on any atom is 0.248 e. The maximum absolute atomic E-state index is 13.6. The summed E-state index contributed by atoms with van der Waals surface area (Å²) < 4.78 is 25.3. The van der Waals surface area contributed by atoms with Crippen molar-refractivity contribution in [2.45, 2.75) is 38.3 Å². The molecule has 1 aliphatic carbocycles. The van der Waals surface area contributed by atoms with Crippen molar-refractivity contribution in [3.8, 4) is 5.75 Å². The molecule has 194 valence electrons. The Morgan fingerprint density at radius 1 is 1.30 bits per heavy atom. The molecule has 1 aromatic heterocycles. The first kappa shape index (κ1) is 25.4. The number of nitrogens with one attached hydrogen (secondary N) is 2. The van der Waals surface area contributed by atoms with Gasteiger partial charge in [0.1, 0.15) is 23.7 Å². The number of halogens is 2. The predicted octanol–water partition coefficient (Wildman–Crippen LogP) is 5.31. The van der Waals surface area contributed by atoms with Gasteiger partial charge in [-0.05, 0) is 50.5 Å². The third-order valence-electron chi connectivity index (χ3n) is 6.64. The first-order valence-electron chi connectivity index (χ1n) is 12.4. The van der Waals surface area contributed by atoms with E-state index in [0.29, 0.717) is 59.6 Å². The van der Waals surface area contributed by atoms with Gasteiger partial charge in [-0.2, -0.15) is 0 Å². The normalized spacial score (nSPS) is 18.6. The highest BCUT2D eigenvalue weighted by Crippen LogP contribution is 2.36. The first-order valence-corrected chi connectivity index (χ1v) is 12.8. The summed E-state index contributed by atoms with van der Waals surface area (Å²) in [6.07, 6.45) is 8.04. The Kier molecular flexibility index (Phi) is 7.83. The van der Waals surface area contributed by atoms with Crippen molar-refractivity contribution in [2.75, 3.05) is 36.9 Å². The average molecular weight is 526 g/mol. The number of hydrogen-bond donors (Lipinski definition) is 2. The Morgan fingerprint density at radius 2 is 2.16 bits per heavy atom. The molecule has 1 amide bonds. The van der Waals surface area contributed by atoms with Crippen LogP contribution in [0, 0.1) is 5.82 Å². The van der Waals surface area contributed by atoms with Crippen molar-refractivity contribution >= 4 is 45.6 Å². The zero-order valence-electron chi connectivity index (χ0n) is 20.5. The molecule has 1 atom stereocenters. The molecule has 2 heterocycles. The van der Waals surface area contributed by atoms with Gasteiger partial charge in [-0.1, -0.05) is 17.7 Å². The number of anilines is 3. The Balaban J connectivity index is 1.39. The monoisotopic (exact) mass is 525 g/mol. The first-order chi connectivity index (χ1) is 18.0. The van der Waals surface area contributed by atoms with Crippen LogP contribution in [0.15, 0.2) is 48.8 Å². The van der Waals surface area contributed by atoms with E-state index in [1.54, 1.807) is 18.2 Å². The van der Waals surface area contributed by atoms with E-state index in [2.05, 4.69) is 32.4 Å². The molecule has 2 aliphatic rings. The lowest BCUT2D eigenvalue weighted by Crippen LogP contribution is -2.43. The summed E-state index contributed by atoms with van der Waals surface area (Å²) in [6.45, 7) is 5.02. The number of carbonyl (C=O) groups is 1. The molecule has 5 rings (SSSR count). The molecule has 1 unspecified atom stereocenters. The van der Waals surface area contributed by atoms with E-state index < -0.39 is 5.82 Å². The highest BCUT2D eigenvalue weighted by Gasteiger charge is 2.22. The minimum Gasteiger partial charge on any atom is -0.488 e. The molecule has 2 aromatic carbocycles. The van der Waals surface area contributed by atoms with Crippen molar-refractivity contribution in [3.05, 3.63) is 59.7 Å². The van der Waals surface area contributed by atoms with Crippen molar-refractivity contribution in [2.24, 2.45) is 0 Å². The highest BCUT2D eigenvalue weighted by molar-refractivity contribution is 6.31. The van der Waals surface area contributed by atoms with Crippen LogP contribution in [-0.2, 0) is 9.53 Å². The van der Waals surface area contributed by atoms with E-state index in [0.717, 1.165) is 25.8 Å². The average Bonchev–Trinajstić information content (AvgIpc) is 2.85. The van der Waals surface area contributed by atoms with Crippen LogP contribution in [0.2, 0.25) is 5.02 Å². The fourth-order valence-electron chi connectivity index (χ4n) is 4.26. The summed E-state index contributed by atoms with van der Waals surface area (Å²) in [6, 6.07) is 8.27. The van der Waals surface area contributed by atoms with Gasteiger partial charge in [-0.15, -0.1) is 0 Å². The number of morpholine rings is 1. The number of amides is 1. The van der Waals surface area contributed by atoms with Crippen LogP contribution in [0.4, 0.5) is 21.6 Å². The van der Waals surface area contributed by atoms with Gasteiger partial charge in [0, 0.05) is 42.3 Å². The number of nitrogens with zero attached hydrogens (tertiary/aromatic N) is 3. The molecule has 10 heteroatoms. The van der Waals surface area contributed by atoms with Crippen LogP contribution in [-0.4, -0.2) is 59.2 Å². The van der Waals surface area contributed by atoms with E-state index in [9.17, 15) is 9.18 Å². The lowest BCUT2D eigenvalue weighted by Gasteiger charge is -2.32. The number of ether oxygens (including phenoxy) is 2. The Hall–Kier alpha value is -3.27. The number of rotatable bonds is 8. The Bertz CT molecular complexity index is 1320. The van der Waals surface area contributed by atoms with Gasteiger partial charge in [0.2, 0.25) is 5.91 Å². The Labute approximate surface area is 219 Å². The lowest BCUT2D eigenvalue weighted by atomic mass is 9.96. The molecule has 2 fully saturated rings. The van der Waals surface area contributed by atoms with Crippen molar-refractivity contribution < 1.29 is 18.7 Å². The largest absolute Gasteiger partial charge is 0.488 e. The van der Waals surface area contributed by atoms with E-state index in [1.807, 2.05) is 12.1 Å². The van der Waals surface area contributed by atoms with Gasteiger partial charge in [0.05, 0.1) is 35.5 Å². The van der Waals surface area contributed by atoms with Gasteiger partial charge < -0.3 is 20.1 Å². The summed E-state index contributed by atoms with van der Waals surface area (Å²) >= 11 is 5.94. The van der Waals surface area contributed by atoms with Crippen LogP contribution >= 0.6 is 11.6 Å². The van der Waals surface area contributed by atoms with Gasteiger partial charge >= 0.3 is 0 Å². The number of hydrogen-bond acceptors (Lipinski definition) is 7. The van der Waals surface area contributed by atoms with Crippen LogP contribution in [0.1, 0.15) is 26.2 Å². The van der Waals surface area contributed by atoms with Crippen LogP contribution in [0.25, 0.3) is 10.9 Å². The molecule has 1 saturated carbocycles. The quantitative estimate of drug-likeness (QED) is 0.385. The van der Waals surface area contributed by atoms with Gasteiger partial charge in [-0.3, -0.25) is 9.69 Å². The summed E-state index contributed by atoms with van der Waals surface area (Å²) in [5.74, 6) is 0.305. The third kappa shape index (κ3) is 6.18. The summed E-state index contributed by atoms with van der Waals surface area (Å²) in [5.41, 5.74) is 1.76. The van der Waals surface area contributed by atoms with Gasteiger partial charge in [0.15, 0.2) is 0 Å². The number of fused-ring (bicyclic) bond motifs is 1. The highest BCUT2D eigenvalue weighted by atomic mass is 35.5. The third-order valence-corrected chi connectivity index (χ3v) is 6.93. The zero-order chi connectivity index (χ0) is 25.8. The minimum absolute atomic E-state index is 0.00533. The minimum atomic E-state index is -0.501. The van der Waals surface area contributed by atoms with E-state index in [-0.39, 0.29) is 17.0 Å². The summed E-state index contributed by atoms with van der Waals surface area (Å²) in [5, 5.41) is 6.81.